The summed E-state index contributed by atoms with van der Waals surface area (Å²) in [4.78, 5) is 11.1. The lowest BCUT2D eigenvalue weighted by Crippen LogP contribution is -2.16. The Hall–Kier alpha value is -0.310. The fourth-order valence-electron chi connectivity index (χ4n) is 2.26. The molecule has 2 nitrogen and oxygen atoms in total. The predicted molar refractivity (Wildman–Crippen MR) is 74.3 cm³/mol. The standard InChI is InChI=1S/C14H23BrO2/c1-2-17-14(16)13(15)11-7-6-10-12-8-4-3-5-9-12/h6-7,12-13H,2-5,8-11H2,1H3. The maximum absolute atomic E-state index is 11.3. The first-order valence-corrected chi connectivity index (χ1v) is 7.61. The van der Waals surface area contributed by atoms with Gasteiger partial charge < -0.3 is 4.74 Å². The molecule has 1 aliphatic carbocycles. The molecule has 0 N–H and O–H groups in total. The van der Waals surface area contributed by atoms with Crippen LogP contribution in [0.25, 0.3) is 0 Å². The van der Waals surface area contributed by atoms with E-state index in [1.54, 1.807) is 0 Å². The summed E-state index contributed by atoms with van der Waals surface area (Å²) in [5, 5.41) is 0. The van der Waals surface area contributed by atoms with Crippen molar-refractivity contribution < 1.29 is 9.53 Å². The molecule has 98 valence electrons. The van der Waals surface area contributed by atoms with Crippen molar-refractivity contribution in [1.82, 2.24) is 0 Å². The average Bonchev–Trinajstić information content (AvgIpc) is 2.36. The summed E-state index contributed by atoms with van der Waals surface area (Å²) in [5.41, 5.74) is 0. The molecular formula is C14H23BrO2. The van der Waals surface area contributed by atoms with Crippen molar-refractivity contribution in [3.8, 4) is 0 Å². The number of alkyl halides is 1. The summed E-state index contributed by atoms with van der Waals surface area (Å²) in [5.74, 6) is 0.714. The van der Waals surface area contributed by atoms with E-state index in [0.717, 1.165) is 12.3 Å². The minimum atomic E-state index is -0.190. The maximum atomic E-state index is 11.3. The lowest BCUT2D eigenvalue weighted by atomic mass is 9.87. The Bertz CT molecular complexity index is 245. The van der Waals surface area contributed by atoms with Gasteiger partial charge in [0.1, 0.15) is 4.83 Å². The highest BCUT2D eigenvalue weighted by molar-refractivity contribution is 9.10. The summed E-state index contributed by atoms with van der Waals surface area (Å²) in [7, 11) is 0. The van der Waals surface area contributed by atoms with Crippen LogP contribution in [0.1, 0.15) is 51.9 Å². The lowest BCUT2D eigenvalue weighted by Gasteiger charge is -2.19. The molecular weight excluding hydrogens is 280 g/mol. The van der Waals surface area contributed by atoms with Gasteiger partial charge in [-0.05, 0) is 25.7 Å². The third-order valence-corrected chi connectivity index (χ3v) is 3.99. The highest BCUT2D eigenvalue weighted by atomic mass is 79.9. The van der Waals surface area contributed by atoms with Gasteiger partial charge >= 0.3 is 5.97 Å². The van der Waals surface area contributed by atoms with E-state index < -0.39 is 0 Å². The Balaban J connectivity index is 2.13. The van der Waals surface area contributed by atoms with Crippen LogP contribution in [0.4, 0.5) is 0 Å². The quantitative estimate of drug-likeness (QED) is 0.417. The molecule has 1 unspecified atom stereocenters. The number of hydrogen-bond donors (Lipinski definition) is 0. The van der Waals surface area contributed by atoms with Gasteiger partial charge in [-0.25, -0.2) is 0 Å². The highest BCUT2D eigenvalue weighted by Gasteiger charge is 2.14. The van der Waals surface area contributed by atoms with Gasteiger partial charge in [-0.1, -0.05) is 60.2 Å². The number of allylic oxidation sites excluding steroid dienone is 2. The minimum absolute atomic E-state index is 0.158. The molecule has 0 spiro atoms. The van der Waals surface area contributed by atoms with E-state index in [0.29, 0.717) is 6.61 Å². The molecule has 0 heterocycles. The van der Waals surface area contributed by atoms with E-state index in [4.69, 9.17) is 4.74 Å². The van der Waals surface area contributed by atoms with Crippen molar-refractivity contribution >= 4 is 21.9 Å². The van der Waals surface area contributed by atoms with Crippen LogP contribution in [-0.4, -0.2) is 17.4 Å². The van der Waals surface area contributed by atoms with Crippen molar-refractivity contribution in [3.63, 3.8) is 0 Å². The zero-order chi connectivity index (χ0) is 12.5. The van der Waals surface area contributed by atoms with Crippen molar-refractivity contribution in [1.29, 1.82) is 0 Å². The second-order valence-electron chi connectivity index (χ2n) is 4.67. The molecule has 0 aromatic heterocycles. The van der Waals surface area contributed by atoms with Crippen LogP contribution in [-0.2, 0) is 9.53 Å². The summed E-state index contributed by atoms with van der Waals surface area (Å²) < 4.78 is 4.93. The molecule has 17 heavy (non-hydrogen) atoms. The molecule has 1 atom stereocenters. The monoisotopic (exact) mass is 302 g/mol. The van der Waals surface area contributed by atoms with Crippen LogP contribution in [0.3, 0.4) is 0 Å². The van der Waals surface area contributed by atoms with Gasteiger partial charge in [0.25, 0.3) is 0 Å². The summed E-state index contributed by atoms with van der Waals surface area (Å²) in [6.07, 6.45) is 13.2. The van der Waals surface area contributed by atoms with Gasteiger partial charge in [0.05, 0.1) is 6.61 Å². The molecule has 0 aliphatic heterocycles. The van der Waals surface area contributed by atoms with Crippen molar-refractivity contribution in [2.24, 2.45) is 5.92 Å². The van der Waals surface area contributed by atoms with Crippen molar-refractivity contribution in [2.75, 3.05) is 6.61 Å². The van der Waals surface area contributed by atoms with Crippen LogP contribution in [0.15, 0.2) is 12.2 Å². The number of hydrogen-bond acceptors (Lipinski definition) is 2. The average molecular weight is 303 g/mol. The van der Waals surface area contributed by atoms with E-state index in [1.807, 2.05) is 6.92 Å². The molecule has 0 aromatic rings. The molecule has 0 aromatic carbocycles. The second-order valence-corrected chi connectivity index (χ2v) is 5.77. The van der Waals surface area contributed by atoms with Crippen molar-refractivity contribution in [2.45, 2.75) is 56.7 Å². The second kappa shape index (κ2) is 8.73. The topological polar surface area (TPSA) is 26.3 Å². The molecule has 1 aliphatic rings. The largest absolute Gasteiger partial charge is 0.465 e. The zero-order valence-corrected chi connectivity index (χ0v) is 12.2. The number of carbonyl (C=O) groups excluding carboxylic acids is 1. The SMILES string of the molecule is CCOC(=O)C(Br)CC=CCC1CCCCC1. The van der Waals surface area contributed by atoms with Crippen LogP contribution in [0.2, 0.25) is 0 Å². The maximum Gasteiger partial charge on any atom is 0.320 e. The molecule has 3 heteroatoms. The number of ether oxygens (including phenoxy) is 1. The summed E-state index contributed by atoms with van der Waals surface area (Å²) >= 11 is 3.34. The Morgan fingerprint density at radius 2 is 2.06 bits per heavy atom. The fourth-order valence-corrected chi connectivity index (χ4v) is 2.60. The normalized spacial score (nSPS) is 19.4. The number of carbonyl (C=O) groups is 1. The molecule has 1 saturated carbocycles. The predicted octanol–water partition coefficient (Wildman–Crippen LogP) is 4.23. The number of esters is 1. The van der Waals surface area contributed by atoms with Crippen LogP contribution < -0.4 is 0 Å². The molecule has 0 radical (unpaired) electrons. The third-order valence-electron chi connectivity index (χ3n) is 3.25. The molecule has 1 fully saturated rings. The smallest absolute Gasteiger partial charge is 0.320 e. The molecule has 0 saturated heterocycles. The number of halogens is 1. The van der Waals surface area contributed by atoms with Gasteiger partial charge in [0.15, 0.2) is 0 Å². The molecule has 0 amide bonds. The third kappa shape index (κ3) is 6.25. The van der Waals surface area contributed by atoms with Gasteiger partial charge in [-0.15, -0.1) is 0 Å². The van der Waals surface area contributed by atoms with Gasteiger partial charge in [-0.2, -0.15) is 0 Å². The van der Waals surface area contributed by atoms with Crippen molar-refractivity contribution in [3.05, 3.63) is 12.2 Å². The first-order valence-electron chi connectivity index (χ1n) is 6.69. The van der Waals surface area contributed by atoms with Crippen LogP contribution in [0.5, 0.6) is 0 Å². The summed E-state index contributed by atoms with van der Waals surface area (Å²) in [6, 6.07) is 0. The van der Waals surface area contributed by atoms with E-state index in [2.05, 4.69) is 28.1 Å². The van der Waals surface area contributed by atoms with Gasteiger partial charge in [-0.3, -0.25) is 4.79 Å². The lowest BCUT2D eigenvalue weighted by molar-refractivity contribution is -0.142. The Labute approximate surface area is 113 Å². The molecule has 1 rings (SSSR count). The first-order chi connectivity index (χ1) is 8.24. The van der Waals surface area contributed by atoms with Crippen LogP contribution >= 0.6 is 15.9 Å². The Morgan fingerprint density at radius 3 is 2.71 bits per heavy atom. The van der Waals surface area contributed by atoms with Crippen LogP contribution in [0, 0.1) is 5.92 Å². The molecule has 0 bridgehead atoms. The number of rotatable bonds is 6. The van der Waals surface area contributed by atoms with E-state index in [9.17, 15) is 4.79 Å². The summed E-state index contributed by atoms with van der Waals surface area (Å²) in [6.45, 7) is 2.28. The highest BCUT2D eigenvalue weighted by Crippen LogP contribution is 2.26. The Morgan fingerprint density at radius 1 is 1.35 bits per heavy atom. The minimum Gasteiger partial charge on any atom is -0.465 e. The Kier molecular flexibility index (Phi) is 7.58. The zero-order valence-electron chi connectivity index (χ0n) is 10.7. The van der Waals surface area contributed by atoms with E-state index in [-0.39, 0.29) is 10.8 Å². The fraction of sp³-hybridized carbons (Fsp3) is 0.786. The first kappa shape index (κ1) is 14.7. The van der Waals surface area contributed by atoms with E-state index >= 15 is 0 Å². The van der Waals surface area contributed by atoms with E-state index in [1.165, 1.54) is 38.5 Å². The van der Waals surface area contributed by atoms with Gasteiger partial charge in [0, 0.05) is 0 Å². The van der Waals surface area contributed by atoms with Gasteiger partial charge in [0.2, 0.25) is 0 Å².